The zero-order valence-electron chi connectivity index (χ0n) is 21.6. The van der Waals surface area contributed by atoms with Gasteiger partial charge in [-0.2, -0.15) is 10.2 Å². The first-order valence-electron chi connectivity index (χ1n) is 12.2. The van der Waals surface area contributed by atoms with Gasteiger partial charge in [0.15, 0.2) is 11.6 Å². The molecule has 2 heterocycles. The van der Waals surface area contributed by atoms with Crippen molar-refractivity contribution in [3.05, 3.63) is 76.8 Å². The summed E-state index contributed by atoms with van der Waals surface area (Å²) in [5.41, 5.74) is 1.72. The molecule has 4 rings (SSSR count). The van der Waals surface area contributed by atoms with Gasteiger partial charge >= 0.3 is 0 Å². The van der Waals surface area contributed by atoms with E-state index in [1.165, 1.54) is 28.6 Å². The van der Waals surface area contributed by atoms with Crippen molar-refractivity contribution >= 4 is 51.6 Å². The van der Waals surface area contributed by atoms with Crippen LogP contribution in [0.5, 0.6) is 0 Å². The predicted molar refractivity (Wildman–Crippen MR) is 145 cm³/mol. The van der Waals surface area contributed by atoms with Crippen molar-refractivity contribution < 1.29 is 18.8 Å². The van der Waals surface area contributed by atoms with Crippen molar-refractivity contribution in [3.63, 3.8) is 0 Å². The summed E-state index contributed by atoms with van der Waals surface area (Å²) in [7, 11) is 0. The van der Waals surface area contributed by atoms with E-state index in [-0.39, 0.29) is 53.6 Å². The molecule has 0 saturated carbocycles. The van der Waals surface area contributed by atoms with Crippen LogP contribution in [0.25, 0.3) is 10.9 Å². The average Bonchev–Trinajstić information content (AvgIpc) is 3.26. The molecule has 2 aromatic heterocycles. The Kier molecular flexibility index (Phi) is 8.50. The Morgan fingerprint density at radius 3 is 2.62 bits per heavy atom. The second-order valence-corrected chi connectivity index (χ2v) is 9.54. The average molecular weight is 552 g/mol. The molecule has 2 N–H and O–H groups in total. The number of halogens is 2. The Bertz CT molecular complexity index is 1520. The number of nitrogens with one attached hydrogen (secondary N) is 2. The van der Waals surface area contributed by atoms with Gasteiger partial charge in [0.1, 0.15) is 18.1 Å². The number of hydrogen-bond acceptors (Lipinski definition) is 7. The van der Waals surface area contributed by atoms with Crippen molar-refractivity contribution in [2.45, 2.75) is 39.9 Å². The number of hydrogen-bond donors (Lipinski definition) is 2. The first kappa shape index (κ1) is 27.6. The standard InChI is InChI=1S/C27H27ClFN7O3/c1-16(2)35(14-24(38)30-13-18-6-4-7-21(28)26(18)29)25(39)15-36-22-10-9-19(32-23-8-5-11-31-33-23)12-20(22)27(34-36)17(3)37/h4-12,16H,13-15H2,1-3H3,(H,30,38)(H,32,33). The lowest BCUT2D eigenvalue weighted by molar-refractivity contribution is -0.138. The van der Waals surface area contributed by atoms with Gasteiger partial charge in [0.25, 0.3) is 0 Å². The summed E-state index contributed by atoms with van der Waals surface area (Å²) < 4.78 is 15.6. The Morgan fingerprint density at radius 1 is 1.13 bits per heavy atom. The van der Waals surface area contributed by atoms with Crippen LogP contribution in [0.15, 0.2) is 54.7 Å². The first-order valence-corrected chi connectivity index (χ1v) is 12.6. The normalized spacial score (nSPS) is 11.0. The molecule has 2 aromatic carbocycles. The SMILES string of the molecule is CC(=O)c1nn(CC(=O)N(CC(=O)NCc2cccc(Cl)c2F)C(C)C)c2ccc(Nc3cccnn3)cc12. The van der Waals surface area contributed by atoms with Gasteiger partial charge in [0.2, 0.25) is 11.8 Å². The Labute approximate surface area is 229 Å². The number of carbonyl (C=O) groups is 3. The van der Waals surface area contributed by atoms with Gasteiger partial charge in [-0.1, -0.05) is 23.7 Å². The van der Waals surface area contributed by atoms with Crippen LogP contribution in [-0.2, 0) is 22.7 Å². The molecule has 0 fully saturated rings. The van der Waals surface area contributed by atoms with Crippen LogP contribution < -0.4 is 10.6 Å². The fourth-order valence-corrected chi connectivity index (χ4v) is 4.21. The number of amides is 2. The second-order valence-electron chi connectivity index (χ2n) is 9.13. The number of nitrogens with zero attached hydrogens (tertiary/aromatic N) is 5. The number of aromatic nitrogens is 4. The maximum absolute atomic E-state index is 14.1. The minimum absolute atomic E-state index is 0.0336. The van der Waals surface area contributed by atoms with E-state index >= 15 is 0 Å². The van der Waals surface area contributed by atoms with Crippen molar-refractivity contribution in [2.24, 2.45) is 0 Å². The third kappa shape index (κ3) is 6.55. The molecule has 0 unspecified atom stereocenters. The number of Topliss-reactive ketones (excluding diaryl/α,β-unsaturated/α-hetero) is 1. The monoisotopic (exact) mass is 551 g/mol. The molecule has 10 nitrogen and oxygen atoms in total. The largest absolute Gasteiger partial charge is 0.350 e. The first-order chi connectivity index (χ1) is 18.6. The summed E-state index contributed by atoms with van der Waals surface area (Å²) >= 11 is 5.80. The topological polar surface area (TPSA) is 122 Å². The zero-order valence-corrected chi connectivity index (χ0v) is 22.4. The third-order valence-electron chi connectivity index (χ3n) is 5.98. The van der Waals surface area contributed by atoms with Crippen LogP contribution in [0.4, 0.5) is 15.9 Å². The number of fused-ring (bicyclic) bond motifs is 1. The van der Waals surface area contributed by atoms with Gasteiger partial charge in [0.05, 0.1) is 17.1 Å². The molecule has 12 heteroatoms. The summed E-state index contributed by atoms with van der Waals surface area (Å²) in [6, 6.07) is 13.0. The highest BCUT2D eigenvalue weighted by atomic mass is 35.5. The molecule has 0 radical (unpaired) electrons. The number of benzene rings is 2. The lowest BCUT2D eigenvalue weighted by Gasteiger charge is -2.26. The van der Waals surface area contributed by atoms with Crippen molar-refractivity contribution in [1.82, 2.24) is 30.2 Å². The highest BCUT2D eigenvalue weighted by molar-refractivity contribution is 6.30. The molecular weight excluding hydrogens is 525 g/mol. The maximum atomic E-state index is 14.1. The summed E-state index contributed by atoms with van der Waals surface area (Å²) in [6.45, 7) is 4.49. The summed E-state index contributed by atoms with van der Waals surface area (Å²) in [5.74, 6) is -1.14. The van der Waals surface area contributed by atoms with Crippen LogP contribution in [0.1, 0.15) is 36.8 Å². The van der Waals surface area contributed by atoms with E-state index in [9.17, 15) is 18.8 Å². The highest BCUT2D eigenvalue weighted by Gasteiger charge is 2.23. The number of carbonyl (C=O) groups excluding carboxylic acids is 3. The predicted octanol–water partition coefficient (Wildman–Crippen LogP) is 4.12. The van der Waals surface area contributed by atoms with E-state index in [2.05, 4.69) is 25.9 Å². The molecule has 202 valence electrons. The van der Waals surface area contributed by atoms with Gasteiger partial charge in [-0.3, -0.25) is 19.1 Å². The quantitative estimate of drug-likeness (QED) is 0.284. The molecule has 0 atom stereocenters. The summed E-state index contributed by atoms with van der Waals surface area (Å²) in [4.78, 5) is 39.7. The van der Waals surface area contributed by atoms with E-state index in [1.807, 2.05) is 0 Å². The lowest BCUT2D eigenvalue weighted by atomic mass is 10.1. The molecule has 0 spiro atoms. The van der Waals surface area contributed by atoms with E-state index in [4.69, 9.17) is 11.6 Å². The molecule has 0 saturated heterocycles. The third-order valence-corrected chi connectivity index (χ3v) is 6.27. The minimum Gasteiger partial charge on any atom is -0.350 e. The molecule has 0 aliphatic carbocycles. The van der Waals surface area contributed by atoms with Crippen LogP contribution in [0, 0.1) is 5.82 Å². The lowest BCUT2D eigenvalue weighted by Crippen LogP contribution is -2.45. The second kappa shape index (κ2) is 12.0. The molecule has 39 heavy (non-hydrogen) atoms. The van der Waals surface area contributed by atoms with E-state index in [0.29, 0.717) is 22.4 Å². The van der Waals surface area contributed by atoms with E-state index in [0.717, 1.165) is 0 Å². The van der Waals surface area contributed by atoms with Crippen LogP contribution in [-0.4, -0.2) is 55.1 Å². The van der Waals surface area contributed by atoms with Gasteiger partial charge in [-0.15, -0.1) is 5.10 Å². The fourth-order valence-electron chi connectivity index (χ4n) is 4.02. The molecule has 4 aromatic rings. The summed E-state index contributed by atoms with van der Waals surface area (Å²) in [6.07, 6.45) is 1.56. The van der Waals surface area contributed by atoms with Crippen LogP contribution >= 0.6 is 11.6 Å². The van der Waals surface area contributed by atoms with Gasteiger partial charge in [-0.25, -0.2) is 4.39 Å². The van der Waals surface area contributed by atoms with Crippen LogP contribution in [0.2, 0.25) is 5.02 Å². The Balaban J connectivity index is 1.50. The fraction of sp³-hybridized carbons (Fsp3) is 0.259. The maximum Gasteiger partial charge on any atom is 0.245 e. The summed E-state index contributed by atoms with van der Waals surface area (Å²) in [5, 5.41) is 18.5. The van der Waals surface area contributed by atoms with Crippen molar-refractivity contribution in [3.8, 4) is 0 Å². The molecule has 0 aliphatic heterocycles. The Morgan fingerprint density at radius 2 is 1.92 bits per heavy atom. The molecular formula is C27H27ClFN7O3. The van der Waals surface area contributed by atoms with Crippen LogP contribution in [0.3, 0.4) is 0 Å². The van der Waals surface area contributed by atoms with E-state index in [1.54, 1.807) is 56.4 Å². The zero-order chi connectivity index (χ0) is 28.1. The number of rotatable bonds is 10. The van der Waals surface area contributed by atoms with E-state index < -0.39 is 11.7 Å². The van der Waals surface area contributed by atoms with Gasteiger partial charge in [0, 0.05) is 42.3 Å². The number of ketones is 1. The van der Waals surface area contributed by atoms with Gasteiger partial charge < -0.3 is 15.5 Å². The Hall–Kier alpha value is -4.38. The molecule has 2 amide bonds. The molecule has 0 aliphatic rings. The highest BCUT2D eigenvalue weighted by Crippen LogP contribution is 2.25. The number of anilines is 2. The van der Waals surface area contributed by atoms with Gasteiger partial charge in [-0.05, 0) is 50.2 Å². The molecule has 0 bridgehead atoms. The van der Waals surface area contributed by atoms with Crippen molar-refractivity contribution in [1.29, 1.82) is 0 Å². The minimum atomic E-state index is -0.599. The van der Waals surface area contributed by atoms with Crippen molar-refractivity contribution in [2.75, 3.05) is 11.9 Å². The smallest absolute Gasteiger partial charge is 0.245 e.